The van der Waals surface area contributed by atoms with Crippen molar-refractivity contribution in [2.45, 2.75) is 0 Å². The van der Waals surface area contributed by atoms with Gasteiger partial charge in [0.05, 0.1) is 0 Å². The van der Waals surface area contributed by atoms with Crippen LogP contribution in [0.2, 0.25) is 0 Å². The lowest BCUT2D eigenvalue weighted by molar-refractivity contribution is -0.111. The fourth-order valence-corrected chi connectivity index (χ4v) is 3.28. The minimum Gasteiger partial charge on any atom is -0.335 e. The number of anilines is 1. The van der Waals surface area contributed by atoms with E-state index in [0.29, 0.717) is 11.4 Å². The third kappa shape index (κ3) is 3.49. The van der Waals surface area contributed by atoms with Gasteiger partial charge in [0.25, 0.3) is 0 Å². The Morgan fingerprint density at radius 3 is 2.83 bits per heavy atom. The zero-order valence-corrected chi connectivity index (χ0v) is 15.8. The molecule has 140 valence electrons. The molecule has 0 aliphatic rings. The number of hydrogen-bond acceptors (Lipinski definition) is 4. The van der Waals surface area contributed by atoms with Gasteiger partial charge in [-0.2, -0.15) is 5.26 Å². The fraction of sp³-hybridized carbons (Fsp3) is 0.0435. The van der Waals surface area contributed by atoms with Crippen LogP contribution in [0.4, 0.5) is 5.69 Å². The van der Waals surface area contributed by atoms with Crippen LogP contribution in [0.5, 0.6) is 0 Å². The van der Waals surface area contributed by atoms with E-state index in [-0.39, 0.29) is 5.91 Å². The van der Waals surface area contributed by atoms with E-state index in [9.17, 15) is 4.79 Å². The Balaban J connectivity index is 1.82. The molecule has 0 unspecified atom stereocenters. The van der Waals surface area contributed by atoms with Crippen molar-refractivity contribution in [1.29, 1.82) is 5.26 Å². The molecular weight excluding hydrogens is 362 g/mol. The number of carbonyl (C=O) groups excluding carboxylic acids is 1. The van der Waals surface area contributed by atoms with E-state index in [1.807, 2.05) is 54.3 Å². The van der Waals surface area contributed by atoms with E-state index in [4.69, 9.17) is 5.26 Å². The second-order valence-electron chi connectivity index (χ2n) is 6.56. The van der Waals surface area contributed by atoms with Crippen LogP contribution in [-0.4, -0.2) is 20.4 Å². The Morgan fingerprint density at radius 2 is 2.03 bits per heavy atom. The van der Waals surface area contributed by atoms with Gasteiger partial charge in [-0.05, 0) is 47.5 Å². The zero-order chi connectivity index (χ0) is 20.4. The molecule has 0 spiro atoms. The van der Waals surface area contributed by atoms with Crippen molar-refractivity contribution in [2.75, 3.05) is 5.32 Å². The Hall–Kier alpha value is -4.24. The van der Waals surface area contributed by atoms with Crippen molar-refractivity contribution in [2.24, 2.45) is 7.05 Å². The van der Waals surface area contributed by atoms with Crippen LogP contribution in [0.1, 0.15) is 5.69 Å². The molecule has 1 N–H and O–H groups in total. The van der Waals surface area contributed by atoms with Crippen molar-refractivity contribution in [3.05, 3.63) is 79.4 Å². The largest absolute Gasteiger partial charge is 0.335 e. The van der Waals surface area contributed by atoms with E-state index in [0.717, 1.165) is 33.3 Å². The number of rotatable bonds is 4. The van der Waals surface area contributed by atoms with Gasteiger partial charge < -0.3 is 9.88 Å². The van der Waals surface area contributed by atoms with Crippen LogP contribution in [0.25, 0.3) is 33.3 Å². The highest BCUT2D eigenvalue weighted by molar-refractivity contribution is 6.00. The van der Waals surface area contributed by atoms with E-state index < -0.39 is 0 Å². The van der Waals surface area contributed by atoms with Gasteiger partial charge in [-0.15, -0.1) is 0 Å². The minimum atomic E-state index is -0.257. The first-order valence-corrected chi connectivity index (χ1v) is 8.94. The minimum absolute atomic E-state index is 0.257. The molecule has 0 aliphatic heterocycles. The topological polar surface area (TPSA) is 83.6 Å². The lowest BCUT2D eigenvalue weighted by Crippen LogP contribution is -2.06. The second-order valence-corrected chi connectivity index (χ2v) is 6.56. The molecular formula is C23H17N5O. The quantitative estimate of drug-likeness (QED) is 0.536. The summed E-state index contributed by atoms with van der Waals surface area (Å²) in [6.07, 6.45) is 6.68. The molecule has 4 rings (SSSR count). The number of nitrogens with one attached hydrogen (secondary N) is 1. The van der Waals surface area contributed by atoms with Gasteiger partial charge in [0.15, 0.2) is 0 Å². The second kappa shape index (κ2) is 7.41. The van der Waals surface area contributed by atoms with Gasteiger partial charge in [-0.3, -0.25) is 4.79 Å². The lowest BCUT2D eigenvalue weighted by atomic mass is 10.0. The summed E-state index contributed by atoms with van der Waals surface area (Å²) in [7, 11) is 1.94. The molecule has 0 saturated carbocycles. The molecule has 0 aliphatic carbocycles. The number of nitrogens with zero attached hydrogens (tertiary/aromatic N) is 4. The molecule has 3 aromatic heterocycles. The lowest BCUT2D eigenvalue weighted by Gasteiger charge is -2.07. The summed E-state index contributed by atoms with van der Waals surface area (Å²) in [6, 6.07) is 15.4. The fourth-order valence-electron chi connectivity index (χ4n) is 3.28. The number of fused-ring (bicyclic) bond motifs is 1. The SMILES string of the molecule is C=CC(=O)Nc1cccc(-c2cnc3c(c2)c(-c2ccnc(C#N)c2)cn3C)c1. The van der Waals surface area contributed by atoms with Gasteiger partial charge in [0.1, 0.15) is 17.4 Å². The summed E-state index contributed by atoms with van der Waals surface area (Å²) >= 11 is 0. The molecule has 0 atom stereocenters. The third-order valence-corrected chi connectivity index (χ3v) is 4.65. The smallest absolute Gasteiger partial charge is 0.247 e. The van der Waals surface area contributed by atoms with Gasteiger partial charge in [0.2, 0.25) is 5.91 Å². The van der Waals surface area contributed by atoms with Crippen molar-refractivity contribution < 1.29 is 4.79 Å². The summed E-state index contributed by atoms with van der Waals surface area (Å²) in [5, 5.41) is 12.9. The number of pyridine rings is 2. The monoisotopic (exact) mass is 379 g/mol. The summed E-state index contributed by atoms with van der Waals surface area (Å²) in [4.78, 5) is 20.3. The average molecular weight is 379 g/mol. The standard InChI is InChI=1S/C23H17N5O/c1-3-22(29)27-18-6-4-5-15(9-18)17-11-20-21(14-28(2)23(20)26-13-17)16-7-8-25-19(10-16)12-24/h3-11,13-14H,1H2,2H3,(H,27,29). The highest BCUT2D eigenvalue weighted by Gasteiger charge is 2.12. The van der Waals surface area contributed by atoms with Crippen molar-refractivity contribution in [1.82, 2.24) is 14.5 Å². The number of nitriles is 1. The number of carbonyl (C=O) groups is 1. The number of benzene rings is 1. The first-order valence-electron chi connectivity index (χ1n) is 8.94. The van der Waals surface area contributed by atoms with Crippen LogP contribution in [0.15, 0.2) is 73.7 Å². The molecule has 0 bridgehead atoms. The molecule has 1 amide bonds. The van der Waals surface area contributed by atoms with E-state index in [1.54, 1.807) is 12.3 Å². The number of aromatic nitrogens is 3. The first-order chi connectivity index (χ1) is 14.1. The number of hydrogen-bond donors (Lipinski definition) is 1. The highest BCUT2D eigenvalue weighted by atomic mass is 16.1. The predicted octanol–water partition coefficient (Wildman–Crippen LogP) is 4.30. The predicted molar refractivity (Wildman–Crippen MR) is 113 cm³/mol. The zero-order valence-electron chi connectivity index (χ0n) is 15.8. The maximum Gasteiger partial charge on any atom is 0.247 e. The van der Waals surface area contributed by atoms with Gasteiger partial charge in [-0.25, -0.2) is 9.97 Å². The third-order valence-electron chi connectivity index (χ3n) is 4.65. The molecule has 6 nitrogen and oxygen atoms in total. The van der Waals surface area contributed by atoms with Gasteiger partial charge in [0, 0.05) is 47.8 Å². The van der Waals surface area contributed by atoms with Crippen LogP contribution in [-0.2, 0) is 11.8 Å². The molecule has 0 radical (unpaired) electrons. The van der Waals surface area contributed by atoms with Gasteiger partial charge in [-0.1, -0.05) is 18.7 Å². The maximum absolute atomic E-state index is 11.6. The van der Waals surface area contributed by atoms with E-state index >= 15 is 0 Å². The Labute approximate surface area is 167 Å². The van der Waals surface area contributed by atoms with Crippen LogP contribution >= 0.6 is 0 Å². The van der Waals surface area contributed by atoms with E-state index in [2.05, 4.69) is 34.0 Å². The Kier molecular flexibility index (Phi) is 4.63. The molecule has 29 heavy (non-hydrogen) atoms. The summed E-state index contributed by atoms with van der Waals surface area (Å²) < 4.78 is 1.96. The summed E-state index contributed by atoms with van der Waals surface area (Å²) in [6.45, 7) is 3.48. The van der Waals surface area contributed by atoms with Crippen molar-refractivity contribution in [3.8, 4) is 28.3 Å². The molecule has 1 aromatic carbocycles. The normalized spacial score (nSPS) is 10.5. The van der Waals surface area contributed by atoms with Gasteiger partial charge >= 0.3 is 0 Å². The molecule has 0 fully saturated rings. The molecule has 3 heterocycles. The Morgan fingerprint density at radius 1 is 1.17 bits per heavy atom. The van der Waals surface area contributed by atoms with Crippen molar-refractivity contribution >= 4 is 22.6 Å². The number of aryl methyl sites for hydroxylation is 1. The average Bonchev–Trinajstić information content (AvgIpc) is 3.10. The van der Waals surface area contributed by atoms with E-state index in [1.165, 1.54) is 6.08 Å². The van der Waals surface area contributed by atoms with Crippen LogP contribution < -0.4 is 5.32 Å². The van der Waals surface area contributed by atoms with Crippen LogP contribution in [0.3, 0.4) is 0 Å². The molecule has 4 aromatic rings. The van der Waals surface area contributed by atoms with Crippen molar-refractivity contribution in [3.63, 3.8) is 0 Å². The summed E-state index contributed by atoms with van der Waals surface area (Å²) in [5.41, 5.74) is 5.65. The first kappa shape index (κ1) is 18.1. The highest BCUT2D eigenvalue weighted by Crippen LogP contribution is 2.32. The summed E-state index contributed by atoms with van der Waals surface area (Å²) in [5.74, 6) is -0.257. The van der Waals surface area contributed by atoms with Crippen LogP contribution in [0, 0.1) is 11.3 Å². The molecule has 0 saturated heterocycles. The maximum atomic E-state index is 11.6. The number of amides is 1. The molecule has 6 heteroatoms. The Bertz CT molecular complexity index is 1300.